The van der Waals surface area contributed by atoms with Crippen LogP contribution in [0, 0.1) is 0 Å². The molecule has 0 aliphatic rings. The van der Waals surface area contributed by atoms with Crippen LogP contribution in [-0.2, 0) is 6.61 Å². The van der Waals surface area contributed by atoms with Gasteiger partial charge in [-0.05, 0) is 34.0 Å². The number of benzene rings is 1. The second kappa shape index (κ2) is 5.97. The fourth-order valence-electron chi connectivity index (χ4n) is 1.96. The van der Waals surface area contributed by atoms with Gasteiger partial charge in [0.25, 0.3) is 5.89 Å². The maximum absolute atomic E-state index is 5.69. The highest BCUT2D eigenvalue weighted by molar-refractivity contribution is 7.08. The maximum Gasteiger partial charge on any atom is 0.264 e. The molecule has 4 rings (SSSR count). The summed E-state index contributed by atoms with van der Waals surface area (Å²) in [5, 5.41) is 18.9. The fourth-order valence-corrected chi connectivity index (χ4v) is 2.60. The van der Waals surface area contributed by atoms with Crippen molar-refractivity contribution in [1.82, 2.24) is 30.3 Å². The molecule has 1 aromatic carbocycles. The quantitative estimate of drug-likeness (QED) is 0.556. The van der Waals surface area contributed by atoms with Gasteiger partial charge >= 0.3 is 0 Å². The first-order valence-electron chi connectivity index (χ1n) is 6.70. The zero-order valence-corrected chi connectivity index (χ0v) is 12.6. The molecule has 9 heteroatoms. The highest BCUT2D eigenvalue weighted by atomic mass is 32.1. The van der Waals surface area contributed by atoms with Crippen molar-refractivity contribution in [1.29, 1.82) is 0 Å². The number of hydrogen-bond acceptors (Lipinski definition) is 8. The van der Waals surface area contributed by atoms with Crippen molar-refractivity contribution in [3.63, 3.8) is 0 Å². The van der Waals surface area contributed by atoms with Crippen molar-refractivity contribution in [3.8, 4) is 22.8 Å². The van der Waals surface area contributed by atoms with Crippen LogP contribution < -0.4 is 4.74 Å². The van der Waals surface area contributed by atoms with Gasteiger partial charge < -0.3 is 9.26 Å². The fraction of sp³-hybridized carbons (Fsp3) is 0.0714. The SMILES string of the molecule is c1cc(OCc2nc(-c3ccsc3)no2)cc(-n2cnnn2)c1. The van der Waals surface area contributed by atoms with Crippen molar-refractivity contribution in [3.05, 3.63) is 53.3 Å². The Morgan fingerprint density at radius 1 is 1.26 bits per heavy atom. The average molecular weight is 326 g/mol. The molecule has 0 saturated carbocycles. The zero-order valence-electron chi connectivity index (χ0n) is 11.7. The predicted octanol–water partition coefficient (Wildman–Crippen LogP) is 2.35. The topological polar surface area (TPSA) is 91.8 Å². The third-order valence-electron chi connectivity index (χ3n) is 3.04. The third-order valence-corrected chi connectivity index (χ3v) is 3.72. The van der Waals surface area contributed by atoms with E-state index < -0.39 is 0 Å². The van der Waals surface area contributed by atoms with Crippen molar-refractivity contribution in [2.24, 2.45) is 0 Å². The van der Waals surface area contributed by atoms with Gasteiger partial charge in [-0.2, -0.15) is 16.3 Å². The lowest BCUT2D eigenvalue weighted by molar-refractivity contribution is 0.243. The van der Waals surface area contributed by atoms with Gasteiger partial charge in [0.05, 0.1) is 5.69 Å². The highest BCUT2D eigenvalue weighted by Gasteiger charge is 2.09. The van der Waals surface area contributed by atoms with Gasteiger partial charge in [0.2, 0.25) is 5.82 Å². The Morgan fingerprint density at radius 2 is 2.26 bits per heavy atom. The Bertz CT molecular complexity index is 888. The van der Waals surface area contributed by atoms with Gasteiger partial charge in [0.1, 0.15) is 12.1 Å². The molecule has 0 bridgehead atoms. The minimum absolute atomic E-state index is 0.191. The second-order valence-electron chi connectivity index (χ2n) is 4.56. The Hall–Kier alpha value is -3.07. The molecule has 0 unspecified atom stereocenters. The van der Waals surface area contributed by atoms with E-state index in [0.717, 1.165) is 11.3 Å². The zero-order chi connectivity index (χ0) is 15.5. The van der Waals surface area contributed by atoms with Crippen LogP contribution in [0.1, 0.15) is 5.89 Å². The van der Waals surface area contributed by atoms with Crippen LogP contribution in [0.2, 0.25) is 0 Å². The second-order valence-corrected chi connectivity index (χ2v) is 5.34. The minimum atomic E-state index is 0.191. The molecule has 4 aromatic rings. The summed E-state index contributed by atoms with van der Waals surface area (Å²) in [7, 11) is 0. The molecule has 0 aliphatic heterocycles. The van der Waals surface area contributed by atoms with Gasteiger partial charge in [0.15, 0.2) is 6.61 Å². The van der Waals surface area contributed by atoms with Crippen LogP contribution in [-0.4, -0.2) is 30.3 Å². The first kappa shape index (κ1) is 13.6. The van der Waals surface area contributed by atoms with Crippen molar-refractivity contribution in [2.75, 3.05) is 0 Å². The van der Waals surface area contributed by atoms with Crippen molar-refractivity contribution < 1.29 is 9.26 Å². The first-order valence-corrected chi connectivity index (χ1v) is 7.64. The Labute approximate surface area is 134 Å². The molecule has 8 nitrogen and oxygen atoms in total. The van der Waals surface area contributed by atoms with Gasteiger partial charge in [-0.15, -0.1) is 5.10 Å². The molecule has 0 radical (unpaired) electrons. The number of nitrogens with zero attached hydrogens (tertiary/aromatic N) is 6. The van der Waals surface area contributed by atoms with Gasteiger partial charge in [-0.25, -0.2) is 4.68 Å². The van der Waals surface area contributed by atoms with Crippen LogP contribution in [0.25, 0.3) is 17.1 Å². The molecular formula is C14H10N6O2S. The first-order chi connectivity index (χ1) is 11.4. The molecule has 0 aliphatic carbocycles. The number of rotatable bonds is 5. The molecule has 3 heterocycles. The van der Waals surface area contributed by atoms with E-state index in [4.69, 9.17) is 9.26 Å². The normalized spacial score (nSPS) is 10.8. The molecule has 0 amide bonds. The Balaban J connectivity index is 1.46. The molecule has 0 fully saturated rings. The minimum Gasteiger partial charge on any atom is -0.484 e. The lowest BCUT2D eigenvalue weighted by Gasteiger charge is -2.05. The maximum atomic E-state index is 5.69. The summed E-state index contributed by atoms with van der Waals surface area (Å²) >= 11 is 1.58. The van der Waals surface area contributed by atoms with Crippen LogP contribution in [0.3, 0.4) is 0 Å². The molecular weight excluding hydrogens is 316 g/mol. The van der Waals surface area contributed by atoms with Crippen molar-refractivity contribution in [2.45, 2.75) is 6.61 Å². The van der Waals surface area contributed by atoms with E-state index in [1.165, 1.54) is 6.33 Å². The largest absolute Gasteiger partial charge is 0.484 e. The van der Waals surface area contributed by atoms with E-state index >= 15 is 0 Å². The molecule has 0 N–H and O–H groups in total. The van der Waals surface area contributed by atoms with E-state index in [1.807, 2.05) is 41.1 Å². The number of ether oxygens (including phenoxy) is 1. The standard InChI is InChI=1S/C14H10N6O2S/c1-2-11(20-9-15-18-19-20)6-12(3-1)21-7-13-16-14(17-22-13)10-4-5-23-8-10/h1-6,8-9H,7H2. The predicted molar refractivity (Wildman–Crippen MR) is 81.1 cm³/mol. The molecule has 0 spiro atoms. The lowest BCUT2D eigenvalue weighted by Crippen LogP contribution is -1.98. The van der Waals surface area contributed by atoms with Crippen LogP contribution in [0.4, 0.5) is 0 Å². The van der Waals surface area contributed by atoms with Crippen LogP contribution >= 0.6 is 11.3 Å². The number of thiophene rings is 1. The van der Waals surface area contributed by atoms with E-state index in [9.17, 15) is 0 Å². The van der Waals surface area contributed by atoms with Crippen molar-refractivity contribution >= 4 is 11.3 Å². The summed E-state index contributed by atoms with van der Waals surface area (Å²) < 4.78 is 12.4. The molecule has 114 valence electrons. The van der Waals surface area contributed by atoms with Crippen LogP contribution in [0.5, 0.6) is 5.75 Å². The molecule has 0 atom stereocenters. The number of aromatic nitrogens is 6. The number of hydrogen-bond donors (Lipinski definition) is 0. The van der Waals surface area contributed by atoms with E-state index in [2.05, 4.69) is 25.7 Å². The van der Waals surface area contributed by atoms with Gasteiger partial charge in [-0.3, -0.25) is 0 Å². The molecule has 23 heavy (non-hydrogen) atoms. The van der Waals surface area contributed by atoms with Gasteiger partial charge in [-0.1, -0.05) is 11.2 Å². The lowest BCUT2D eigenvalue weighted by atomic mass is 10.3. The summed E-state index contributed by atoms with van der Waals surface area (Å²) in [5.74, 6) is 1.64. The summed E-state index contributed by atoms with van der Waals surface area (Å²) in [6.07, 6.45) is 1.52. The van der Waals surface area contributed by atoms with E-state index in [-0.39, 0.29) is 6.61 Å². The monoisotopic (exact) mass is 326 g/mol. The third kappa shape index (κ3) is 2.94. The molecule has 3 aromatic heterocycles. The number of tetrazole rings is 1. The van der Waals surface area contributed by atoms with E-state index in [1.54, 1.807) is 16.0 Å². The summed E-state index contributed by atoms with van der Waals surface area (Å²) in [6, 6.07) is 9.34. The summed E-state index contributed by atoms with van der Waals surface area (Å²) in [4.78, 5) is 4.31. The highest BCUT2D eigenvalue weighted by Crippen LogP contribution is 2.20. The summed E-state index contributed by atoms with van der Waals surface area (Å²) in [5.41, 5.74) is 1.74. The Kier molecular flexibility index (Phi) is 3.53. The molecule has 0 saturated heterocycles. The van der Waals surface area contributed by atoms with E-state index in [0.29, 0.717) is 17.5 Å². The van der Waals surface area contributed by atoms with Gasteiger partial charge in [0, 0.05) is 17.0 Å². The van der Waals surface area contributed by atoms with Crippen LogP contribution in [0.15, 0.2) is 51.9 Å². The average Bonchev–Trinajstić information content (AvgIpc) is 3.35. The Morgan fingerprint density at radius 3 is 3.09 bits per heavy atom. The smallest absolute Gasteiger partial charge is 0.264 e. The summed E-state index contributed by atoms with van der Waals surface area (Å²) in [6.45, 7) is 0.191.